The number of carbonyl (C=O) groups is 2. The first-order chi connectivity index (χ1) is 17.7. The number of carbonyl (C=O) groups excluding carboxylic acids is 2. The Hall–Kier alpha value is -3.30. The van der Waals surface area contributed by atoms with Crippen molar-refractivity contribution in [2.45, 2.75) is 39.2 Å². The summed E-state index contributed by atoms with van der Waals surface area (Å²) in [5.41, 5.74) is 4.11. The van der Waals surface area contributed by atoms with Crippen molar-refractivity contribution in [3.8, 4) is 5.75 Å². The third kappa shape index (κ3) is 4.62. The zero-order valence-electron chi connectivity index (χ0n) is 20.5. The molecule has 5 rings (SSSR count). The van der Waals surface area contributed by atoms with Crippen molar-refractivity contribution in [2.24, 2.45) is 17.8 Å². The van der Waals surface area contributed by atoms with Gasteiger partial charge in [-0.3, -0.25) is 19.7 Å². The molecular formula is C28H27BrN2O6. The second-order valence-corrected chi connectivity index (χ2v) is 10.9. The molecule has 2 heterocycles. The zero-order chi connectivity index (χ0) is 26.4. The van der Waals surface area contributed by atoms with Gasteiger partial charge in [-0.25, -0.2) is 4.90 Å². The maximum Gasteiger partial charge on any atom is 0.271 e. The van der Waals surface area contributed by atoms with Crippen LogP contribution in [0.5, 0.6) is 5.75 Å². The number of allylic oxidation sites excluding steroid dienone is 2. The van der Waals surface area contributed by atoms with E-state index in [1.165, 1.54) is 18.2 Å². The van der Waals surface area contributed by atoms with Crippen LogP contribution in [0.15, 0.2) is 63.7 Å². The molecule has 0 aromatic heterocycles. The van der Waals surface area contributed by atoms with E-state index in [0.29, 0.717) is 13.0 Å². The number of phenols is 1. The third-order valence-electron chi connectivity index (χ3n) is 7.64. The Balaban J connectivity index is 1.34. The van der Waals surface area contributed by atoms with Gasteiger partial charge in [0.05, 0.1) is 35.2 Å². The average molecular weight is 567 g/mol. The van der Waals surface area contributed by atoms with Crippen LogP contribution in [0.1, 0.15) is 38.7 Å². The average Bonchev–Trinajstić information content (AvgIpc) is 3.39. The predicted octanol–water partition coefficient (Wildman–Crippen LogP) is 5.79. The number of non-ortho nitro benzene ring substituents is 1. The molecule has 2 fully saturated rings. The van der Waals surface area contributed by atoms with Crippen LogP contribution in [0.2, 0.25) is 0 Å². The number of nitrogens with zero attached hydrogens (tertiary/aromatic N) is 2. The summed E-state index contributed by atoms with van der Waals surface area (Å²) in [7, 11) is 0. The number of benzene rings is 2. The van der Waals surface area contributed by atoms with E-state index in [4.69, 9.17) is 4.74 Å². The van der Waals surface area contributed by atoms with Gasteiger partial charge in [0.1, 0.15) is 5.75 Å². The molecule has 4 atom stereocenters. The number of hydrogen-bond donors (Lipinski definition) is 1. The molecule has 0 radical (unpaired) electrons. The SMILES string of the molecule is CC1=C2[C@@H](CC/C(C)=C/c3cc(Br)ccc3O)OC[C@@H]2[C@@H]2C(=O)N(c3cccc([N+](=O)[O-])c3)C(=O)[C@@H]2C1. The Bertz CT molecular complexity index is 1370. The summed E-state index contributed by atoms with van der Waals surface area (Å²) in [6, 6.07) is 11.0. The van der Waals surface area contributed by atoms with Gasteiger partial charge in [-0.15, -0.1) is 0 Å². The Kier molecular flexibility index (Phi) is 6.76. The summed E-state index contributed by atoms with van der Waals surface area (Å²) in [4.78, 5) is 38.7. The lowest BCUT2D eigenvalue weighted by molar-refractivity contribution is -0.384. The van der Waals surface area contributed by atoms with Crippen molar-refractivity contribution in [2.75, 3.05) is 11.5 Å². The summed E-state index contributed by atoms with van der Waals surface area (Å²) in [6.07, 6.45) is 3.78. The molecule has 2 aliphatic heterocycles. The number of halogens is 1. The van der Waals surface area contributed by atoms with E-state index >= 15 is 0 Å². The summed E-state index contributed by atoms with van der Waals surface area (Å²) in [5.74, 6) is -1.58. The molecule has 3 aliphatic rings. The number of nitro benzene ring substituents is 1. The first-order valence-electron chi connectivity index (χ1n) is 12.2. The fourth-order valence-electron chi connectivity index (χ4n) is 5.97. The van der Waals surface area contributed by atoms with Crippen LogP contribution >= 0.6 is 15.9 Å². The molecule has 1 aliphatic carbocycles. The molecule has 0 saturated carbocycles. The van der Waals surface area contributed by atoms with E-state index in [0.717, 1.165) is 44.5 Å². The summed E-state index contributed by atoms with van der Waals surface area (Å²) < 4.78 is 7.07. The van der Waals surface area contributed by atoms with Crippen molar-refractivity contribution in [3.05, 3.63) is 79.3 Å². The number of rotatable bonds is 6. The molecule has 2 amide bonds. The van der Waals surface area contributed by atoms with Crippen molar-refractivity contribution < 1.29 is 24.4 Å². The van der Waals surface area contributed by atoms with Gasteiger partial charge in [0.2, 0.25) is 11.8 Å². The van der Waals surface area contributed by atoms with Crippen LogP contribution in [0, 0.1) is 27.9 Å². The van der Waals surface area contributed by atoms with Gasteiger partial charge >= 0.3 is 0 Å². The van der Waals surface area contributed by atoms with Crippen molar-refractivity contribution >= 4 is 45.2 Å². The lowest BCUT2D eigenvalue weighted by Gasteiger charge is -2.30. The van der Waals surface area contributed by atoms with Gasteiger partial charge in [-0.05, 0) is 62.9 Å². The Morgan fingerprint density at radius 1 is 1.22 bits per heavy atom. The highest BCUT2D eigenvalue weighted by Gasteiger charge is 2.56. The first kappa shape index (κ1) is 25.4. The van der Waals surface area contributed by atoms with E-state index in [1.807, 2.05) is 26.0 Å². The van der Waals surface area contributed by atoms with Crippen LogP contribution in [0.4, 0.5) is 11.4 Å². The largest absolute Gasteiger partial charge is 0.507 e. The minimum atomic E-state index is -0.533. The van der Waals surface area contributed by atoms with Crippen molar-refractivity contribution in [3.63, 3.8) is 0 Å². The smallest absolute Gasteiger partial charge is 0.271 e. The molecule has 8 nitrogen and oxygen atoms in total. The number of imide groups is 1. The van der Waals surface area contributed by atoms with E-state index < -0.39 is 16.8 Å². The molecule has 1 N–H and O–H groups in total. The highest BCUT2D eigenvalue weighted by atomic mass is 79.9. The number of amides is 2. The molecule has 9 heteroatoms. The predicted molar refractivity (Wildman–Crippen MR) is 142 cm³/mol. The molecule has 37 heavy (non-hydrogen) atoms. The maximum absolute atomic E-state index is 13.5. The van der Waals surface area contributed by atoms with Crippen LogP contribution < -0.4 is 4.90 Å². The topological polar surface area (TPSA) is 110 Å². The normalized spacial score (nSPS) is 25.5. The lowest BCUT2D eigenvalue weighted by atomic mass is 9.70. The van der Waals surface area contributed by atoms with Crippen LogP contribution in [-0.2, 0) is 14.3 Å². The molecular weight excluding hydrogens is 540 g/mol. The Labute approximate surface area is 222 Å². The van der Waals surface area contributed by atoms with Gasteiger partial charge in [-0.2, -0.15) is 0 Å². The molecule has 2 saturated heterocycles. The molecule has 0 spiro atoms. The quantitative estimate of drug-likeness (QED) is 0.205. The van der Waals surface area contributed by atoms with E-state index in [1.54, 1.807) is 18.2 Å². The van der Waals surface area contributed by atoms with Gasteiger partial charge in [0, 0.05) is 28.1 Å². The van der Waals surface area contributed by atoms with E-state index in [9.17, 15) is 24.8 Å². The number of ether oxygens (including phenoxy) is 1. The van der Waals surface area contributed by atoms with E-state index in [2.05, 4.69) is 15.9 Å². The minimum absolute atomic E-state index is 0.139. The second kappa shape index (κ2) is 9.87. The highest BCUT2D eigenvalue weighted by molar-refractivity contribution is 9.10. The zero-order valence-corrected chi connectivity index (χ0v) is 22.1. The van der Waals surface area contributed by atoms with Crippen LogP contribution in [-0.4, -0.2) is 34.6 Å². The number of anilines is 1. The van der Waals surface area contributed by atoms with Crippen molar-refractivity contribution in [1.29, 1.82) is 0 Å². The number of phenolic OH excluding ortho intramolecular Hbond substituents is 1. The Morgan fingerprint density at radius 2 is 2.00 bits per heavy atom. The number of aromatic hydroxyl groups is 1. The van der Waals surface area contributed by atoms with Gasteiger partial charge in [0.15, 0.2) is 0 Å². The minimum Gasteiger partial charge on any atom is -0.507 e. The fourth-order valence-corrected chi connectivity index (χ4v) is 6.35. The van der Waals surface area contributed by atoms with Crippen LogP contribution in [0.3, 0.4) is 0 Å². The molecule has 2 aromatic rings. The molecule has 2 aromatic carbocycles. The monoisotopic (exact) mass is 566 g/mol. The number of nitro groups is 1. The number of hydrogen-bond acceptors (Lipinski definition) is 6. The second-order valence-electron chi connectivity index (χ2n) is 10.0. The summed E-state index contributed by atoms with van der Waals surface area (Å²) >= 11 is 3.43. The van der Waals surface area contributed by atoms with Gasteiger partial charge in [-0.1, -0.05) is 39.2 Å². The lowest BCUT2D eigenvalue weighted by Crippen LogP contribution is -2.34. The summed E-state index contributed by atoms with van der Waals surface area (Å²) in [6.45, 7) is 4.40. The molecule has 0 unspecified atom stereocenters. The van der Waals surface area contributed by atoms with Gasteiger partial charge < -0.3 is 9.84 Å². The van der Waals surface area contributed by atoms with E-state index in [-0.39, 0.29) is 41.0 Å². The Morgan fingerprint density at radius 3 is 2.76 bits per heavy atom. The molecule has 0 bridgehead atoms. The summed E-state index contributed by atoms with van der Waals surface area (Å²) in [5, 5.41) is 21.4. The maximum atomic E-state index is 13.5. The van der Waals surface area contributed by atoms with Crippen LogP contribution in [0.25, 0.3) is 6.08 Å². The molecule has 192 valence electrons. The standard InChI is InChI=1S/C28H27BrN2O6/c1-15(10-17-12-18(29)7-8-23(17)32)6-9-24-25-16(2)11-21-26(22(25)14-37-24)28(34)30(27(21)33)19-4-3-5-20(13-19)31(35)36/h3-5,7-8,10,12-13,21-22,24,26,32H,6,9,11,14H2,1-2H3/b15-10+/t21-,22+,24-,26-/m1/s1. The highest BCUT2D eigenvalue weighted by Crippen LogP contribution is 2.50. The fraction of sp³-hybridized carbons (Fsp3) is 0.357. The number of fused-ring (bicyclic) bond motifs is 3. The van der Waals surface area contributed by atoms with Crippen molar-refractivity contribution in [1.82, 2.24) is 0 Å². The first-order valence-corrected chi connectivity index (χ1v) is 13.0. The third-order valence-corrected chi connectivity index (χ3v) is 8.14. The van der Waals surface area contributed by atoms with Gasteiger partial charge in [0.25, 0.3) is 5.69 Å².